The summed E-state index contributed by atoms with van der Waals surface area (Å²) >= 11 is 0. The molecule has 1 rings (SSSR count). The molecular weight excluding hydrogens is 246 g/mol. The van der Waals surface area contributed by atoms with E-state index in [0.29, 0.717) is 19.8 Å². The fourth-order valence-electron chi connectivity index (χ4n) is 1.75. The van der Waals surface area contributed by atoms with Crippen LogP contribution >= 0.6 is 0 Å². The van der Waals surface area contributed by atoms with Crippen molar-refractivity contribution in [1.82, 2.24) is 5.32 Å². The van der Waals surface area contributed by atoms with Crippen LogP contribution in [0, 0.1) is 0 Å². The highest BCUT2D eigenvalue weighted by Crippen LogP contribution is 2.27. The summed E-state index contributed by atoms with van der Waals surface area (Å²) in [5.41, 5.74) is 0.776. The quantitative estimate of drug-likeness (QED) is 0.596. The molecule has 108 valence electrons. The van der Waals surface area contributed by atoms with Crippen LogP contribution in [0.3, 0.4) is 0 Å². The number of aromatic hydroxyl groups is 2. The summed E-state index contributed by atoms with van der Waals surface area (Å²) < 4.78 is 10.2. The van der Waals surface area contributed by atoms with Crippen molar-refractivity contribution in [3.63, 3.8) is 0 Å². The predicted molar refractivity (Wildman–Crippen MR) is 73.5 cm³/mol. The second-order valence-electron chi connectivity index (χ2n) is 4.38. The lowest BCUT2D eigenvalue weighted by molar-refractivity contribution is 0.0693. The van der Waals surface area contributed by atoms with Crippen molar-refractivity contribution in [1.29, 1.82) is 0 Å². The number of phenols is 2. The van der Waals surface area contributed by atoms with E-state index in [9.17, 15) is 10.2 Å². The summed E-state index contributed by atoms with van der Waals surface area (Å²) in [6.07, 6.45) is 0.896. The first kappa shape index (κ1) is 15.8. The molecule has 0 aliphatic heterocycles. The minimum absolute atomic E-state index is 0.0274. The number of hydrogen-bond donors (Lipinski definition) is 3. The van der Waals surface area contributed by atoms with Gasteiger partial charge in [-0.1, -0.05) is 6.07 Å². The molecule has 5 nitrogen and oxygen atoms in total. The average Bonchev–Trinajstić information content (AvgIpc) is 2.37. The van der Waals surface area contributed by atoms with Crippen LogP contribution in [0.4, 0.5) is 0 Å². The molecule has 0 amide bonds. The van der Waals surface area contributed by atoms with Crippen LogP contribution in [0.25, 0.3) is 0 Å². The van der Waals surface area contributed by atoms with Gasteiger partial charge in [-0.2, -0.15) is 0 Å². The van der Waals surface area contributed by atoms with Crippen LogP contribution in [0.15, 0.2) is 18.2 Å². The highest BCUT2D eigenvalue weighted by molar-refractivity contribution is 5.40. The predicted octanol–water partition coefficient (Wildman–Crippen LogP) is 1.80. The summed E-state index contributed by atoms with van der Waals surface area (Å²) in [7, 11) is 1.65. The minimum Gasteiger partial charge on any atom is -0.508 e. The molecule has 1 aromatic rings. The Kier molecular flexibility index (Phi) is 7.25. The van der Waals surface area contributed by atoms with Crippen LogP contribution in [0.2, 0.25) is 0 Å². The van der Waals surface area contributed by atoms with Crippen LogP contribution in [0.5, 0.6) is 11.5 Å². The van der Waals surface area contributed by atoms with Crippen molar-refractivity contribution in [2.75, 3.05) is 33.5 Å². The summed E-state index contributed by atoms with van der Waals surface area (Å²) in [6, 6.07) is 4.67. The molecule has 3 N–H and O–H groups in total. The first-order valence-electron chi connectivity index (χ1n) is 6.47. The van der Waals surface area contributed by atoms with Crippen molar-refractivity contribution in [3.8, 4) is 11.5 Å². The van der Waals surface area contributed by atoms with Gasteiger partial charge in [0.15, 0.2) is 0 Å². The van der Waals surface area contributed by atoms with Gasteiger partial charge in [-0.3, -0.25) is 0 Å². The fourth-order valence-corrected chi connectivity index (χ4v) is 1.75. The lowest BCUT2D eigenvalue weighted by atomic mass is 10.1. The molecule has 5 heteroatoms. The molecule has 0 spiro atoms. The second kappa shape index (κ2) is 8.74. The molecule has 0 aliphatic carbocycles. The SMILES string of the molecule is COCCOCCCNC(C)c1ccc(O)cc1O. The Morgan fingerprint density at radius 1 is 1.21 bits per heavy atom. The Morgan fingerprint density at radius 2 is 2.00 bits per heavy atom. The van der Waals surface area contributed by atoms with Crippen molar-refractivity contribution < 1.29 is 19.7 Å². The number of hydrogen-bond acceptors (Lipinski definition) is 5. The monoisotopic (exact) mass is 269 g/mol. The van der Waals surface area contributed by atoms with Crippen molar-refractivity contribution in [2.24, 2.45) is 0 Å². The molecule has 0 fully saturated rings. The molecule has 0 heterocycles. The third kappa shape index (κ3) is 5.92. The third-order valence-electron chi connectivity index (χ3n) is 2.83. The summed E-state index contributed by atoms with van der Waals surface area (Å²) in [5.74, 6) is 0.177. The molecule has 1 atom stereocenters. The Hall–Kier alpha value is -1.30. The van der Waals surface area contributed by atoms with Gasteiger partial charge in [-0.25, -0.2) is 0 Å². The van der Waals surface area contributed by atoms with E-state index in [0.717, 1.165) is 18.5 Å². The van der Waals surface area contributed by atoms with E-state index < -0.39 is 0 Å². The van der Waals surface area contributed by atoms with E-state index in [2.05, 4.69) is 5.32 Å². The number of methoxy groups -OCH3 is 1. The molecule has 19 heavy (non-hydrogen) atoms. The van der Waals surface area contributed by atoms with Gasteiger partial charge in [0.1, 0.15) is 11.5 Å². The zero-order valence-corrected chi connectivity index (χ0v) is 11.6. The Labute approximate surface area is 114 Å². The minimum atomic E-state index is 0.0274. The topological polar surface area (TPSA) is 71.0 Å². The van der Waals surface area contributed by atoms with Crippen LogP contribution in [0.1, 0.15) is 24.9 Å². The van der Waals surface area contributed by atoms with Gasteiger partial charge in [0.2, 0.25) is 0 Å². The third-order valence-corrected chi connectivity index (χ3v) is 2.83. The highest BCUT2D eigenvalue weighted by atomic mass is 16.5. The molecule has 1 aromatic carbocycles. The normalized spacial score (nSPS) is 12.5. The number of phenolic OH excluding ortho intramolecular Hbond substituents is 2. The second-order valence-corrected chi connectivity index (χ2v) is 4.38. The maximum atomic E-state index is 9.72. The number of rotatable bonds is 9. The van der Waals surface area contributed by atoms with Gasteiger partial charge in [-0.05, 0) is 26.0 Å². The lowest BCUT2D eigenvalue weighted by Crippen LogP contribution is -2.21. The summed E-state index contributed by atoms with van der Waals surface area (Å²) in [6.45, 7) is 4.69. The number of nitrogens with one attached hydrogen (secondary N) is 1. The Bertz CT molecular complexity index is 370. The molecule has 0 bridgehead atoms. The average molecular weight is 269 g/mol. The van der Waals surface area contributed by atoms with Gasteiger partial charge in [0.05, 0.1) is 13.2 Å². The van der Waals surface area contributed by atoms with E-state index in [1.165, 1.54) is 6.07 Å². The van der Waals surface area contributed by atoms with Crippen LogP contribution in [-0.4, -0.2) is 43.7 Å². The lowest BCUT2D eigenvalue weighted by Gasteiger charge is -2.15. The Balaban J connectivity index is 2.22. The van der Waals surface area contributed by atoms with Gasteiger partial charge in [0, 0.05) is 31.4 Å². The van der Waals surface area contributed by atoms with Gasteiger partial charge in [-0.15, -0.1) is 0 Å². The van der Waals surface area contributed by atoms with Crippen LogP contribution < -0.4 is 5.32 Å². The first-order valence-corrected chi connectivity index (χ1v) is 6.47. The zero-order valence-electron chi connectivity index (χ0n) is 11.6. The number of benzene rings is 1. The van der Waals surface area contributed by atoms with E-state index in [4.69, 9.17) is 9.47 Å². The first-order chi connectivity index (χ1) is 9.15. The van der Waals surface area contributed by atoms with Crippen molar-refractivity contribution in [2.45, 2.75) is 19.4 Å². The molecule has 1 unspecified atom stereocenters. The smallest absolute Gasteiger partial charge is 0.124 e. The fraction of sp³-hybridized carbons (Fsp3) is 0.571. The van der Waals surface area contributed by atoms with E-state index in [1.54, 1.807) is 19.2 Å². The molecule has 0 saturated heterocycles. The highest BCUT2D eigenvalue weighted by Gasteiger charge is 2.09. The van der Waals surface area contributed by atoms with Crippen molar-refractivity contribution >= 4 is 0 Å². The largest absolute Gasteiger partial charge is 0.508 e. The van der Waals surface area contributed by atoms with Gasteiger partial charge < -0.3 is 25.0 Å². The van der Waals surface area contributed by atoms with Crippen molar-refractivity contribution in [3.05, 3.63) is 23.8 Å². The maximum absolute atomic E-state index is 9.72. The van der Waals surface area contributed by atoms with Gasteiger partial charge >= 0.3 is 0 Å². The zero-order chi connectivity index (χ0) is 14.1. The van der Waals surface area contributed by atoms with Gasteiger partial charge in [0.25, 0.3) is 0 Å². The maximum Gasteiger partial charge on any atom is 0.124 e. The number of ether oxygens (including phenoxy) is 2. The van der Waals surface area contributed by atoms with E-state index >= 15 is 0 Å². The standard InChI is InChI=1S/C14H23NO4/c1-11(13-5-4-12(16)10-14(13)17)15-6-3-7-19-9-8-18-2/h4-5,10-11,15-17H,3,6-9H2,1-2H3. The summed E-state index contributed by atoms with van der Waals surface area (Å²) in [4.78, 5) is 0. The molecule has 0 aromatic heterocycles. The van der Waals surface area contributed by atoms with E-state index in [1.807, 2.05) is 6.92 Å². The molecule has 0 saturated carbocycles. The van der Waals surface area contributed by atoms with E-state index in [-0.39, 0.29) is 17.5 Å². The molecule has 0 radical (unpaired) electrons. The van der Waals surface area contributed by atoms with Crippen LogP contribution in [-0.2, 0) is 9.47 Å². The molecular formula is C14H23NO4. The Morgan fingerprint density at radius 3 is 2.68 bits per heavy atom. The summed E-state index contributed by atoms with van der Waals surface area (Å²) in [5, 5.41) is 22.2. The molecule has 0 aliphatic rings.